The highest BCUT2D eigenvalue weighted by Crippen LogP contribution is 2.49. The minimum Gasteiger partial charge on any atom is -0.480 e. The summed E-state index contributed by atoms with van der Waals surface area (Å²) in [5.74, 6) is 1.83. The Bertz CT molecular complexity index is 1860. The molecule has 3 aliphatic rings. The number of hydrogen-bond donors (Lipinski definition) is 3. The van der Waals surface area contributed by atoms with Crippen molar-refractivity contribution in [3.05, 3.63) is 82.3 Å². The van der Waals surface area contributed by atoms with Gasteiger partial charge in [-0.1, -0.05) is 54.7 Å². The van der Waals surface area contributed by atoms with Gasteiger partial charge in [-0.05, 0) is 85.3 Å². The number of carboxylic acid groups (broad SMARTS) is 1. The first-order valence-electron chi connectivity index (χ1n) is 16.1. The molecule has 0 atom stereocenters. The molecule has 10 nitrogen and oxygen atoms in total. The van der Waals surface area contributed by atoms with Gasteiger partial charge in [0, 0.05) is 10.9 Å². The van der Waals surface area contributed by atoms with Crippen LogP contribution < -0.4 is 10.6 Å². The molecule has 10 heteroatoms. The molecule has 2 heterocycles. The van der Waals surface area contributed by atoms with Crippen molar-refractivity contribution < 1.29 is 19.5 Å². The van der Waals surface area contributed by atoms with Crippen LogP contribution in [0.1, 0.15) is 108 Å². The molecule has 0 bridgehead atoms. The average Bonchev–Trinajstić information content (AvgIpc) is 4.01. The van der Waals surface area contributed by atoms with Crippen molar-refractivity contribution >= 4 is 28.7 Å². The molecular weight excluding hydrogens is 580 g/mol. The van der Waals surface area contributed by atoms with Crippen LogP contribution in [0.25, 0.3) is 16.6 Å². The number of amides is 2. The second-order valence-electron chi connectivity index (χ2n) is 12.9. The van der Waals surface area contributed by atoms with Gasteiger partial charge in [0.2, 0.25) is 5.91 Å². The van der Waals surface area contributed by atoms with Gasteiger partial charge in [0.1, 0.15) is 16.9 Å². The fraction of sp³-hybridized carbons (Fsp3) is 0.389. The molecule has 0 spiro atoms. The molecule has 0 aliphatic heterocycles. The van der Waals surface area contributed by atoms with Gasteiger partial charge >= 0.3 is 5.97 Å². The van der Waals surface area contributed by atoms with Gasteiger partial charge < -0.3 is 15.7 Å². The van der Waals surface area contributed by atoms with E-state index in [0.717, 1.165) is 72.7 Å². The molecule has 2 aromatic heterocycles. The van der Waals surface area contributed by atoms with Crippen molar-refractivity contribution in [2.45, 2.75) is 88.1 Å². The smallest absolute Gasteiger partial charge is 0.329 e. The van der Waals surface area contributed by atoms with Gasteiger partial charge in [0.05, 0.1) is 30.4 Å². The van der Waals surface area contributed by atoms with Gasteiger partial charge in [-0.3, -0.25) is 9.59 Å². The summed E-state index contributed by atoms with van der Waals surface area (Å²) in [6.45, 7) is 0.185. The molecule has 3 aliphatic carbocycles. The molecule has 234 valence electrons. The largest absolute Gasteiger partial charge is 0.480 e. The topological polar surface area (TPSA) is 139 Å². The highest BCUT2D eigenvalue weighted by molar-refractivity contribution is 5.95. The molecule has 3 N–H and O–H groups in total. The number of nitrogens with zero attached hydrogens (tertiary/aromatic N) is 4. The van der Waals surface area contributed by atoms with Gasteiger partial charge in [-0.15, -0.1) is 11.5 Å². The lowest BCUT2D eigenvalue weighted by atomic mass is 9.81. The van der Waals surface area contributed by atoms with Crippen molar-refractivity contribution in [1.29, 1.82) is 0 Å². The number of carbonyl (C=O) groups excluding carboxylic acids is 2. The molecule has 0 unspecified atom stereocenters. The van der Waals surface area contributed by atoms with Crippen LogP contribution in [0.5, 0.6) is 0 Å². The lowest BCUT2D eigenvalue weighted by Crippen LogP contribution is -2.56. The Morgan fingerprint density at radius 3 is 2.33 bits per heavy atom. The Balaban J connectivity index is 1.09. The number of benzene rings is 2. The maximum atomic E-state index is 13.2. The van der Waals surface area contributed by atoms with Gasteiger partial charge in [-0.25, -0.2) is 14.5 Å². The fourth-order valence-electron chi connectivity index (χ4n) is 6.65. The highest BCUT2D eigenvalue weighted by atomic mass is 16.4. The third-order valence-corrected chi connectivity index (χ3v) is 9.41. The van der Waals surface area contributed by atoms with Crippen LogP contribution in [0.4, 0.5) is 0 Å². The van der Waals surface area contributed by atoms with Crippen LogP contribution in [0.3, 0.4) is 0 Å². The van der Waals surface area contributed by atoms with Crippen molar-refractivity contribution in [1.82, 2.24) is 30.6 Å². The molecule has 2 amide bonds. The molecular formula is C36H36N6O4. The summed E-state index contributed by atoms with van der Waals surface area (Å²) in [6, 6.07) is 13.2. The predicted octanol–water partition coefficient (Wildman–Crippen LogP) is 4.93. The second-order valence-corrected chi connectivity index (χ2v) is 12.9. The van der Waals surface area contributed by atoms with Crippen molar-refractivity contribution in [3.8, 4) is 18.0 Å². The summed E-state index contributed by atoms with van der Waals surface area (Å²) in [5, 5.41) is 25.5. The summed E-state index contributed by atoms with van der Waals surface area (Å²) in [6.07, 6.45) is 15.3. The summed E-state index contributed by atoms with van der Waals surface area (Å²) in [5.41, 5.74) is 5.28. The highest BCUT2D eigenvalue weighted by Gasteiger charge is 2.41. The van der Waals surface area contributed by atoms with E-state index in [2.05, 4.69) is 44.0 Å². The number of carbonyl (C=O) groups is 3. The summed E-state index contributed by atoms with van der Waals surface area (Å²) in [4.78, 5) is 42.8. The quantitative estimate of drug-likeness (QED) is 0.215. The van der Waals surface area contributed by atoms with E-state index < -0.39 is 11.5 Å². The maximum absolute atomic E-state index is 13.2. The SMILES string of the molecule is C#Cc1ccc2ccc(C(=O)NCc3cn(-c4c(C5CC5)cc(CC(=O)NC5(C(=O)O)CCCCC5)cc4C4CC4)nn3)nc2c1. The maximum Gasteiger partial charge on any atom is 0.329 e. The molecule has 4 aromatic rings. The molecule has 2 aromatic carbocycles. The number of rotatable bonds is 10. The molecule has 0 radical (unpaired) electrons. The monoisotopic (exact) mass is 616 g/mol. The minimum absolute atomic E-state index is 0.135. The van der Waals surface area contributed by atoms with E-state index in [4.69, 9.17) is 6.42 Å². The second kappa shape index (κ2) is 12.0. The van der Waals surface area contributed by atoms with E-state index in [-0.39, 0.29) is 24.8 Å². The molecule has 0 saturated heterocycles. The number of aliphatic carboxylic acids is 1. The number of fused-ring (bicyclic) bond motifs is 1. The van der Waals surface area contributed by atoms with Gasteiger partial charge in [0.15, 0.2) is 0 Å². The Kier molecular flexibility index (Phi) is 7.77. The summed E-state index contributed by atoms with van der Waals surface area (Å²) >= 11 is 0. The van der Waals surface area contributed by atoms with Crippen LogP contribution >= 0.6 is 0 Å². The number of pyridine rings is 1. The van der Waals surface area contributed by atoms with E-state index in [1.165, 1.54) is 0 Å². The van der Waals surface area contributed by atoms with Crippen molar-refractivity contribution in [3.63, 3.8) is 0 Å². The number of nitrogens with one attached hydrogen (secondary N) is 2. The van der Waals surface area contributed by atoms with Crippen molar-refractivity contribution in [2.24, 2.45) is 0 Å². The Labute approximate surface area is 267 Å². The third-order valence-electron chi connectivity index (χ3n) is 9.41. The standard InChI is InChI=1S/C36H36N6O4/c1-2-22-6-7-26-12-13-30(38-31(26)18-22)34(44)37-20-27-21-42(41-40-27)33-28(24-8-9-24)16-23(17-29(33)25-10-11-25)19-32(43)39-36(35(45)46)14-4-3-5-15-36/h1,6-7,12-13,16-18,21,24-25H,3-5,8-11,14-15,19-20H2,(H,37,44)(H,39,43)(H,45,46). The molecule has 46 heavy (non-hydrogen) atoms. The Morgan fingerprint density at radius 2 is 1.67 bits per heavy atom. The number of terminal acetylenes is 1. The zero-order chi connectivity index (χ0) is 31.8. The molecule has 3 fully saturated rings. The molecule has 3 saturated carbocycles. The van der Waals surface area contributed by atoms with E-state index in [9.17, 15) is 19.5 Å². The van der Waals surface area contributed by atoms with Crippen LogP contribution in [-0.2, 0) is 22.6 Å². The van der Waals surface area contributed by atoms with Crippen LogP contribution in [0.15, 0.2) is 48.7 Å². The van der Waals surface area contributed by atoms with Crippen molar-refractivity contribution in [2.75, 3.05) is 0 Å². The Morgan fingerprint density at radius 1 is 0.978 bits per heavy atom. The normalized spacial score (nSPS) is 17.3. The first kappa shape index (κ1) is 29.7. The average molecular weight is 617 g/mol. The van der Waals surface area contributed by atoms with E-state index >= 15 is 0 Å². The summed E-state index contributed by atoms with van der Waals surface area (Å²) in [7, 11) is 0. The number of hydrogen-bond acceptors (Lipinski definition) is 6. The van der Waals surface area contributed by atoms with E-state index in [0.29, 0.717) is 47.1 Å². The third kappa shape index (κ3) is 6.10. The van der Waals surface area contributed by atoms with Gasteiger partial charge in [-0.2, -0.15) is 0 Å². The predicted molar refractivity (Wildman–Crippen MR) is 171 cm³/mol. The zero-order valence-corrected chi connectivity index (χ0v) is 25.6. The molecule has 7 rings (SSSR count). The van der Waals surface area contributed by atoms with E-state index in [1.807, 2.05) is 29.1 Å². The van der Waals surface area contributed by atoms with Crippen LogP contribution in [-0.4, -0.2) is 48.4 Å². The lowest BCUT2D eigenvalue weighted by molar-refractivity contribution is -0.149. The van der Waals surface area contributed by atoms with Crippen LogP contribution in [0.2, 0.25) is 0 Å². The minimum atomic E-state index is -1.17. The van der Waals surface area contributed by atoms with E-state index in [1.54, 1.807) is 12.1 Å². The number of aromatic nitrogens is 4. The zero-order valence-electron chi connectivity index (χ0n) is 25.6. The Hall–Kier alpha value is -5.04. The fourth-order valence-corrected chi connectivity index (χ4v) is 6.65. The number of carboxylic acids is 1. The van der Waals surface area contributed by atoms with Gasteiger partial charge in [0.25, 0.3) is 5.91 Å². The van der Waals surface area contributed by atoms with Crippen LogP contribution in [0, 0.1) is 12.3 Å². The first-order chi connectivity index (χ1) is 22.3. The summed E-state index contributed by atoms with van der Waals surface area (Å²) < 4.78 is 1.81. The lowest BCUT2D eigenvalue weighted by Gasteiger charge is -2.34. The first-order valence-corrected chi connectivity index (χ1v) is 16.1.